The molecule has 0 spiro atoms. The van der Waals surface area contributed by atoms with Crippen LogP contribution in [-0.4, -0.2) is 46.7 Å². The molecule has 1 aliphatic heterocycles. The molecule has 3 rings (SSSR count). The van der Waals surface area contributed by atoms with Crippen LogP contribution in [0.15, 0.2) is 16.2 Å². The molecule has 0 radical (unpaired) electrons. The Hall–Kier alpha value is -1.28. The molecule has 0 aliphatic carbocycles. The van der Waals surface area contributed by atoms with E-state index in [4.69, 9.17) is 10.5 Å². The lowest BCUT2D eigenvalue weighted by Crippen LogP contribution is -2.49. The zero-order valence-electron chi connectivity index (χ0n) is 11.3. The fourth-order valence-corrected chi connectivity index (χ4v) is 3.13. The van der Waals surface area contributed by atoms with E-state index < -0.39 is 0 Å². The Kier molecular flexibility index (Phi) is 3.84. The zero-order valence-corrected chi connectivity index (χ0v) is 12.2. The normalized spacial score (nSPS) is 22.2. The lowest BCUT2D eigenvalue weighted by molar-refractivity contribution is -0.0410. The van der Waals surface area contributed by atoms with Gasteiger partial charge in [-0.3, -0.25) is 9.69 Å². The van der Waals surface area contributed by atoms with Crippen molar-refractivity contribution < 1.29 is 4.74 Å². The van der Waals surface area contributed by atoms with Crippen molar-refractivity contribution in [1.82, 2.24) is 14.9 Å². The summed E-state index contributed by atoms with van der Waals surface area (Å²) in [7, 11) is 0. The van der Waals surface area contributed by atoms with Crippen LogP contribution in [-0.2, 0) is 11.3 Å². The predicted octanol–water partition coefficient (Wildman–Crippen LogP) is 0.533. The second-order valence-corrected chi connectivity index (χ2v) is 6.07. The molecule has 2 atom stereocenters. The second kappa shape index (κ2) is 5.61. The molecule has 2 aromatic rings. The van der Waals surface area contributed by atoms with Crippen molar-refractivity contribution in [3.63, 3.8) is 0 Å². The topological polar surface area (TPSA) is 84.2 Å². The van der Waals surface area contributed by atoms with Crippen LogP contribution in [0.3, 0.4) is 0 Å². The number of nitrogens with one attached hydrogen (secondary N) is 1. The van der Waals surface area contributed by atoms with E-state index >= 15 is 0 Å². The van der Waals surface area contributed by atoms with Gasteiger partial charge in [-0.25, -0.2) is 4.98 Å². The van der Waals surface area contributed by atoms with Crippen LogP contribution < -0.4 is 11.3 Å². The van der Waals surface area contributed by atoms with Crippen molar-refractivity contribution in [3.05, 3.63) is 27.6 Å². The van der Waals surface area contributed by atoms with Crippen LogP contribution >= 0.6 is 11.3 Å². The van der Waals surface area contributed by atoms with E-state index in [9.17, 15) is 4.79 Å². The Morgan fingerprint density at radius 3 is 3.35 bits per heavy atom. The van der Waals surface area contributed by atoms with E-state index in [0.717, 1.165) is 18.6 Å². The zero-order chi connectivity index (χ0) is 14.1. The third-order valence-electron chi connectivity index (χ3n) is 3.50. The number of fused-ring (bicyclic) bond motifs is 1. The highest BCUT2D eigenvalue weighted by Crippen LogP contribution is 2.15. The summed E-state index contributed by atoms with van der Waals surface area (Å²) in [6, 6.07) is 1.88. The van der Waals surface area contributed by atoms with Crippen molar-refractivity contribution in [1.29, 1.82) is 0 Å². The van der Waals surface area contributed by atoms with Crippen LogP contribution in [0.25, 0.3) is 10.2 Å². The molecule has 2 aromatic heterocycles. The predicted molar refractivity (Wildman–Crippen MR) is 78.9 cm³/mol. The molecule has 3 N–H and O–H groups in total. The molecular weight excluding hydrogens is 276 g/mol. The van der Waals surface area contributed by atoms with Gasteiger partial charge in [0.15, 0.2) is 0 Å². The van der Waals surface area contributed by atoms with Gasteiger partial charge in [0.25, 0.3) is 5.56 Å². The van der Waals surface area contributed by atoms with Gasteiger partial charge in [0.05, 0.1) is 24.8 Å². The van der Waals surface area contributed by atoms with Crippen molar-refractivity contribution >= 4 is 21.6 Å². The van der Waals surface area contributed by atoms with Crippen molar-refractivity contribution in [2.75, 3.05) is 19.7 Å². The van der Waals surface area contributed by atoms with Gasteiger partial charge in [-0.15, -0.1) is 11.3 Å². The van der Waals surface area contributed by atoms with E-state index in [1.54, 1.807) is 0 Å². The smallest absolute Gasteiger partial charge is 0.268 e. The highest BCUT2D eigenvalue weighted by molar-refractivity contribution is 7.17. The standard InChI is InChI=1S/C13H18N4O2S/c1-8(14)10-6-17(3-4-19-10)7-11-15-9-2-5-20-12(9)13(18)16-11/h2,5,8,10H,3-4,6-7,14H2,1H3,(H,15,16,18). The Morgan fingerprint density at radius 1 is 1.70 bits per heavy atom. The molecule has 0 amide bonds. The number of nitrogens with two attached hydrogens (primary N) is 1. The molecule has 108 valence electrons. The van der Waals surface area contributed by atoms with E-state index in [0.29, 0.717) is 23.7 Å². The minimum absolute atomic E-state index is 0.00385. The number of aromatic amines is 1. The number of morpholine rings is 1. The van der Waals surface area contributed by atoms with Crippen LogP contribution in [0, 0.1) is 0 Å². The summed E-state index contributed by atoms with van der Waals surface area (Å²) in [5, 5.41) is 1.89. The SMILES string of the molecule is CC(N)C1CN(Cc2nc3ccsc3c(=O)[nH]2)CCO1. The van der Waals surface area contributed by atoms with Gasteiger partial charge in [-0.1, -0.05) is 0 Å². The van der Waals surface area contributed by atoms with E-state index in [1.807, 2.05) is 18.4 Å². The number of thiophene rings is 1. The first-order chi connectivity index (χ1) is 9.63. The maximum Gasteiger partial charge on any atom is 0.268 e. The summed E-state index contributed by atoms with van der Waals surface area (Å²) >= 11 is 1.42. The largest absolute Gasteiger partial charge is 0.374 e. The number of hydrogen-bond acceptors (Lipinski definition) is 6. The summed E-state index contributed by atoms with van der Waals surface area (Å²) in [5.74, 6) is 0.700. The molecule has 1 aliphatic rings. The van der Waals surface area contributed by atoms with Gasteiger partial charge in [0.2, 0.25) is 0 Å². The lowest BCUT2D eigenvalue weighted by atomic mass is 10.1. The molecule has 0 saturated carbocycles. The molecule has 0 bridgehead atoms. The summed E-state index contributed by atoms with van der Waals surface area (Å²) in [5.41, 5.74) is 6.59. The average molecular weight is 294 g/mol. The summed E-state index contributed by atoms with van der Waals surface area (Å²) in [4.78, 5) is 21.5. The Bertz CT molecular complexity index is 651. The Morgan fingerprint density at radius 2 is 2.55 bits per heavy atom. The van der Waals surface area contributed by atoms with Gasteiger partial charge in [0, 0.05) is 19.1 Å². The number of H-pyrrole nitrogens is 1. The first-order valence-electron chi connectivity index (χ1n) is 6.69. The van der Waals surface area contributed by atoms with Crippen LogP contribution in [0.2, 0.25) is 0 Å². The maximum atomic E-state index is 11.9. The van der Waals surface area contributed by atoms with Crippen molar-refractivity contribution in [2.45, 2.75) is 25.6 Å². The highest BCUT2D eigenvalue weighted by atomic mass is 32.1. The monoisotopic (exact) mass is 294 g/mol. The van der Waals surface area contributed by atoms with Gasteiger partial charge in [0.1, 0.15) is 10.5 Å². The minimum Gasteiger partial charge on any atom is -0.374 e. The number of hydrogen-bond donors (Lipinski definition) is 2. The summed E-state index contributed by atoms with van der Waals surface area (Å²) in [6.45, 7) is 4.83. The maximum absolute atomic E-state index is 11.9. The van der Waals surface area contributed by atoms with Gasteiger partial charge in [-0.05, 0) is 18.4 Å². The number of rotatable bonds is 3. The molecule has 20 heavy (non-hydrogen) atoms. The van der Waals surface area contributed by atoms with Crippen molar-refractivity contribution in [3.8, 4) is 0 Å². The Labute approximate surface area is 120 Å². The van der Waals surface area contributed by atoms with E-state index in [-0.39, 0.29) is 17.7 Å². The molecule has 2 unspecified atom stereocenters. The highest BCUT2D eigenvalue weighted by Gasteiger charge is 2.23. The third-order valence-corrected chi connectivity index (χ3v) is 4.40. The van der Waals surface area contributed by atoms with Crippen molar-refractivity contribution in [2.24, 2.45) is 5.73 Å². The molecule has 3 heterocycles. The molecule has 7 heteroatoms. The summed E-state index contributed by atoms with van der Waals surface area (Å²) in [6.07, 6.45) is 0.0420. The molecular formula is C13H18N4O2S. The molecule has 1 saturated heterocycles. The van der Waals surface area contributed by atoms with E-state index in [1.165, 1.54) is 11.3 Å². The van der Waals surface area contributed by atoms with Crippen LogP contribution in [0.5, 0.6) is 0 Å². The quantitative estimate of drug-likeness (QED) is 0.863. The minimum atomic E-state index is -0.0583. The fraction of sp³-hybridized carbons (Fsp3) is 0.538. The number of ether oxygens (including phenoxy) is 1. The second-order valence-electron chi connectivity index (χ2n) is 5.15. The van der Waals surface area contributed by atoms with E-state index in [2.05, 4.69) is 14.9 Å². The summed E-state index contributed by atoms with van der Waals surface area (Å²) < 4.78 is 6.32. The van der Waals surface area contributed by atoms with Gasteiger partial charge in [-0.2, -0.15) is 0 Å². The first kappa shape index (κ1) is 13.7. The van der Waals surface area contributed by atoms with Gasteiger partial charge >= 0.3 is 0 Å². The molecule has 6 nitrogen and oxygen atoms in total. The average Bonchev–Trinajstić information content (AvgIpc) is 2.88. The number of nitrogens with zero attached hydrogens (tertiary/aromatic N) is 2. The first-order valence-corrected chi connectivity index (χ1v) is 7.57. The Balaban J connectivity index is 1.77. The fourth-order valence-electron chi connectivity index (χ4n) is 2.40. The third kappa shape index (κ3) is 2.76. The number of aromatic nitrogens is 2. The van der Waals surface area contributed by atoms with Gasteiger partial charge < -0.3 is 15.5 Å². The van der Waals surface area contributed by atoms with Crippen LogP contribution in [0.1, 0.15) is 12.7 Å². The van der Waals surface area contributed by atoms with Crippen LogP contribution in [0.4, 0.5) is 0 Å². The lowest BCUT2D eigenvalue weighted by Gasteiger charge is -2.34. The molecule has 0 aromatic carbocycles. The molecule has 1 fully saturated rings.